The number of carbonyl (C=O) groups excluding carboxylic acids is 2. The summed E-state index contributed by atoms with van der Waals surface area (Å²) in [5.74, 6) is 0.447. The van der Waals surface area contributed by atoms with Crippen LogP contribution in [0.2, 0.25) is 15.1 Å². The van der Waals surface area contributed by atoms with E-state index in [1.165, 1.54) is 11.8 Å². The lowest BCUT2D eigenvalue weighted by molar-refractivity contribution is -0.139. The summed E-state index contributed by atoms with van der Waals surface area (Å²) in [6.07, 6.45) is 0. The van der Waals surface area contributed by atoms with E-state index in [1.54, 1.807) is 36.1 Å². The number of rotatable bonds is 8. The van der Waals surface area contributed by atoms with Gasteiger partial charge in [0.25, 0.3) is 0 Å². The highest BCUT2D eigenvalue weighted by Gasteiger charge is 2.28. The van der Waals surface area contributed by atoms with Crippen LogP contribution in [0.1, 0.15) is 38.8 Å². The topological polar surface area (TPSA) is 49.4 Å². The van der Waals surface area contributed by atoms with Crippen molar-refractivity contribution in [1.29, 1.82) is 0 Å². The second kappa shape index (κ2) is 11.5. The summed E-state index contributed by atoms with van der Waals surface area (Å²) in [6, 6.07) is 12.0. The van der Waals surface area contributed by atoms with Gasteiger partial charge < -0.3 is 10.2 Å². The summed E-state index contributed by atoms with van der Waals surface area (Å²) in [5, 5.41) is 4.68. The van der Waals surface area contributed by atoms with E-state index < -0.39 is 11.6 Å². The Labute approximate surface area is 203 Å². The van der Waals surface area contributed by atoms with Crippen LogP contribution in [0.4, 0.5) is 0 Å². The molecule has 31 heavy (non-hydrogen) atoms. The number of halogens is 3. The van der Waals surface area contributed by atoms with Crippen molar-refractivity contribution >= 4 is 58.4 Å². The van der Waals surface area contributed by atoms with Crippen molar-refractivity contribution in [3.8, 4) is 0 Å². The van der Waals surface area contributed by atoms with Gasteiger partial charge in [-0.05, 0) is 63.1 Å². The Morgan fingerprint density at radius 1 is 1.06 bits per heavy atom. The molecule has 0 saturated heterocycles. The number of nitrogens with one attached hydrogen (secondary N) is 1. The van der Waals surface area contributed by atoms with Gasteiger partial charge in [-0.25, -0.2) is 0 Å². The third-order valence-electron chi connectivity index (χ3n) is 4.41. The average Bonchev–Trinajstić information content (AvgIpc) is 2.66. The van der Waals surface area contributed by atoms with Crippen molar-refractivity contribution in [2.75, 3.05) is 5.75 Å². The normalized spacial score (nSPS) is 12.4. The van der Waals surface area contributed by atoms with Gasteiger partial charge in [0.05, 0.1) is 5.75 Å². The van der Waals surface area contributed by atoms with Crippen LogP contribution in [0, 0.1) is 0 Å². The minimum atomic E-state index is -0.634. The molecule has 2 aromatic rings. The highest BCUT2D eigenvalue weighted by molar-refractivity contribution is 7.99. The molecule has 2 amide bonds. The molecular formula is C23H27Cl3N2O2S. The third kappa shape index (κ3) is 8.57. The third-order valence-corrected chi connectivity index (χ3v) is 6.19. The smallest absolute Gasteiger partial charge is 0.242 e. The molecule has 0 aliphatic heterocycles. The second-order valence-corrected chi connectivity index (χ2v) is 10.6. The number of thioether (sulfide) groups is 1. The first-order valence-corrected chi connectivity index (χ1v) is 12.1. The first-order valence-electron chi connectivity index (χ1n) is 9.84. The van der Waals surface area contributed by atoms with Crippen LogP contribution in [0.5, 0.6) is 0 Å². The van der Waals surface area contributed by atoms with Gasteiger partial charge in [-0.15, -0.1) is 11.8 Å². The van der Waals surface area contributed by atoms with Crippen LogP contribution >= 0.6 is 46.6 Å². The fourth-order valence-electron chi connectivity index (χ4n) is 2.86. The SMILES string of the molecule is C[C@@H](C(=O)NC(C)(C)C)N(Cc1cccc(Cl)c1)C(=O)CSCc1ccc(Cl)cc1Cl. The molecule has 2 aromatic carbocycles. The van der Waals surface area contributed by atoms with Gasteiger partial charge in [0.2, 0.25) is 11.8 Å². The summed E-state index contributed by atoms with van der Waals surface area (Å²) in [7, 11) is 0. The van der Waals surface area contributed by atoms with Crippen LogP contribution in [-0.4, -0.2) is 34.0 Å². The van der Waals surface area contributed by atoms with Crippen molar-refractivity contribution in [2.45, 2.75) is 51.6 Å². The molecule has 0 aliphatic rings. The van der Waals surface area contributed by atoms with Gasteiger partial charge >= 0.3 is 0 Å². The Morgan fingerprint density at radius 2 is 1.74 bits per heavy atom. The predicted octanol–water partition coefficient (Wildman–Crippen LogP) is 6.21. The maximum absolute atomic E-state index is 13.1. The van der Waals surface area contributed by atoms with E-state index in [2.05, 4.69) is 5.32 Å². The molecule has 0 bridgehead atoms. The monoisotopic (exact) mass is 500 g/mol. The average molecular weight is 502 g/mol. The van der Waals surface area contributed by atoms with Gasteiger partial charge in [-0.3, -0.25) is 9.59 Å². The second-order valence-electron chi connectivity index (χ2n) is 8.30. The summed E-state index contributed by atoms with van der Waals surface area (Å²) in [4.78, 5) is 27.5. The summed E-state index contributed by atoms with van der Waals surface area (Å²) < 4.78 is 0. The van der Waals surface area contributed by atoms with Gasteiger partial charge in [0.1, 0.15) is 6.04 Å². The van der Waals surface area contributed by atoms with E-state index >= 15 is 0 Å². The molecule has 1 N–H and O–H groups in total. The van der Waals surface area contributed by atoms with Crippen LogP contribution in [0.3, 0.4) is 0 Å². The Kier molecular flexibility index (Phi) is 9.56. The number of benzene rings is 2. The molecule has 0 unspecified atom stereocenters. The van der Waals surface area contributed by atoms with E-state index in [-0.39, 0.29) is 17.6 Å². The summed E-state index contributed by atoms with van der Waals surface area (Å²) >= 11 is 19.7. The Balaban J connectivity index is 2.11. The zero-order chi connectivity index (χ0) is 23.2. The molecule has 0 spiro atoms. The molecule has 1 atom stereocenters. The van der Waals surface area contributed by atoms with Crippen LogP contribution in [0.15, 0.2) is 42.5 Å². The van der Waals surface area contributed by atoms with Gasteiger partial charge in [-0.2, -0.15) is 0 Å². The fraction of sp³-hybridized carbons (Fsp3) is 0.391. The van der Waals surface area contributed by atoms with Gasteiger partial charge in [-0.1, -0.05) is 53.0 Å². The number of amides is 2. The van der Waals surface area contributed by atoms with Gasteiger partial charge in [0, 0.05) is 32.9 Å². The maximum Gasteiger partial charge on any atom is 0.242 e. The molecule has 0 aromatic heterocycles. The highest BCUT2D eigenvalue weighted by Crippen LogP contribution is 2.25. The molecule has 4 nitrogen and oxygen atoms in total. The van der Waals surface area contributed by atoms with Crippen molar-refractivity contribution in [3.05, 3.63) is 68.7 Å². The molecule has 0 heterocycles. The lowest BCUT2D eigenvalue weighted by Crippen LogP contribution is -2.52. The van der Waals surface area contributed by atoms with E-state index in [0.29, 0.717) is 27.4 Å². The van der Waals surface area contributed by atoms with Crippen molar-refractivity contribution in [2.24, 2.45) is 0 Å². The Hall–Kier alpha value is -1.40. The van der Waals surface area contributed by atoms with Crippen LogP contribution < -0.4 is 5.32 Å². The van der Waals surface area contributed by atoms with E-state index in [1.807, 2.05) is 39.0 Å². The molecule has 168 valence electrons. The van der Waals surface area contributed by atoms with E-state index in [0.717, 1.165) is 11.1 Å². The predicted molar refractivity (Wildman–Crippen MR) is 132 cm³/mol. The first kappa shape index (κ1) is 25.9. The maximum atomic E-state index is 13.1. The highest BCUT2D eigenvalue weighted by atomic mass is 35.5. The van der Waals surface area contributed by atoms with E-state index in [9.17, 15) is 9.59 Å². The van der Waals surface area contributed by atoms with E-state index in [4.69, 9.17) is 34.8 Å². The van der Waals surface area contributed by atoms with Crippen LogP contribution in [0.25, 0.3) is 0 Å². The standard InChI is InChI=1S/C23H27Cl3N2O2S/c1-15(22(30)27-23(2,3)4)28(12-16-6-5-7-18(24)10-16)21(29)14-31-13-17-8-9-19(25)11-20(17)26/h5-11,15H,12-14H2,1-4H3,(H,27,30)/t15-/m0/s1. The summed E-state index contributed by atoms with van der Waals surface area (Å²) in [5.41, 5.74) is 1.38. The Morgan fingerprint density at radius 3 is 2.35 bits per heavy atom. The summed E-state index contributed by atoms with van der Waals surface area (Å²) in [6.45, 7) is 7.76. The molecule has 0 aliphatic carbocycles. The molecule has 8 heteroatoms. The molecule has 2 rings (SSSR count). The molecule has 0 fully saturated rings. The lowest BCUT2D eigenvalue weighted by Gasteiger charge is -2.31. The molecule has 0 saturated carbocycles. The number of hydrogen-bond acceptors (Lipinski definition) is 3. The minimum Gasteiger partial charge on any atom is -0.350 e. The van der Waals surface area contributed by atoms with Crippen molar-refractivity contribution in [3.63, 3.8) is 0 Å². The zero-order valence-corrected chi connectivity index (χ0v) is 21.1. The number of hydrogen-bond donors (Lipinski definition) is 1. The number of carbonyl (C=O) groups is 2. The molecular weight excluding hydrogens is 475 g/mol. The largest absolute Gasteiger partial charge is 0.350 e. The number of nitrogens with zero attached hydrogens (tertiary/aromatic N) is 1. The first-order chi connectivity index (χ1) is 14.5. The van der Waals surface area contributed by atoms with Crippen LogP contribution in [-0.2, 0) is 21.9 Å². The minimum absolute atomic E-state index is 0.133. The molecule has 0 radical (unpaired) electrons. The lowest BCUT2D eigenvalue weighted by atomic mass is 10.1. The zero-order valence-electron chi connectivity index (χ0n) is 18.0. The quantitative estimate of drug-likeness (QED) is 0.468. The Bertz CT molecular complexity index is 931. The van der Waals surface area contributed by atoms with Crippen molar-refractivity contribution < 1.29 is 9.59 Å². The van der Waals surface area contributed by atoms with Crippen molar-refractivity contribution in [1.82, 2.24) is 10.2 Å². The van der Waals surface area contributed by atoms with Gasteiger partial charge in [0.15, 0.2) is 0 Å². The fourth-order valence-corrected chi connectivity index (χ4v) is 4.54.